The Hall–Kier alpha value is -2.93. The van der Waals surface area contributed by atoms with E-state index < -0.39 is 17.7 Å². The van der Waals surface area contributed by atoms with Gasteiger partial charge in [0.1, 0.15) is 23.1 Å². The van der Waals surface area contributed by atoms with Crippen LogP contribution in [0, 0.1) is 12.7 Å². The summed E-state index contributed by atoms with van der Waals surface area (Å²) in [7, 11) is 0. The van der Waals surface area contributed by atoms with E-state index in [4.69, 9.17) is 15.2 Å². The fourth-order valence-electron chi connectivity index (χ4n) is 2.82. The summed E-state index contributed by atoms with van der Waals surface area (Å²) in [5.41, 5.74) is 6.83. The molecule has 2 aromatic carbocycles. The van der Waals surface area contributed by atoms with Crippen LogP contribution in [0.15, 0.2) is 36.4 Å². The van der Waals surface area contributed by atoms with Crippen molar-refractivity contribution in [3.05, 3.63) is 63.8 Å². The van der Waals surface area contributed by atoms with E-state index in [1.54, 1.807) is 44.2 Å². The first-order valence-corrected chi connectivity index (χ1v) is 9.14. The van der Waals surface area contributed by atoms with Crippen LogP contribution in [-0.2, 0) is 11.3 Å². The van der Waals surface area contributed by atoms with Crippen LogP contribution in [0.5, 0.6) is 5.75 Å². The van der Waals surface area contributed by atoms with Crippen molar-refractivity contribution in [1.82, 2.24) is 0 Å². The van der Waals surface area contributed by atoms with Crippen molar-refractivity contribution >= 4 is 33.3 Å². The topological polar surface area (TPSA) is 78.6 Å². The molecule has 140 valence electrons. The first-order chi connectivity index (χ1) is 12.9. The summed E-state index contributed by atoms with van der Waals surface area (Å²) in [5, 5.41) is 0.357. The number of halogens is 1. The molecule has 0 saturated heterocycles. The van der Waals surface area contributed by atoms with Gasteiger partial charge in [0.25, 0.3) is 0 Å². The summed E-state index contributed by atoms with van der Waals surface area (Å²) in [5.74, 6) is -0.951. The van der Waals surface area contributed by atoms with Gasteiger partial charge in [-0.15, -0.1) is 11.3 Å². The maximum Gasteiger partial charge on any atom is 0.348 e. The molecule has 5 nitrogen and oxygen atoms in total. The lowest BCUT2D eigenvalue weighted by atomic mass is 10.1. The normalized spacial score (nSPS) is 10.8. The van der Waals surface area contributed by atoms with Gasteiger partial charge in [0, 0.05) is 21.2 Å². The van der Waals surface area contributed by atoms with Crippen LogP contribution >= 0.6 is 11.3 Å². The minimum Gasteiger partial charge on any atom is -0.489 e. The second-order valence-corrected chi connectivity index (χ2v) is 6.93. The van der Waals surface area contributed by atoms with Gasteiger partial charge in [-0.05, 0) is 49.7 Å². The summed E-state index contributed by atoms with van der Waals surface area (Å²) in [6, 6.07) is 9.56. The third-order valence-electron chi connectivity index (χ3n) is 4.07. The van der Waals surface area contributed by atoms with Crippen molar-refractivity contribution in [1.29, 1.82) is 0 Å². The number of rotatable bonds is 6. The number of benzene rings is 2. The molecule has 0 unspecified atom stereocenters. The molecule has 0 aliphatic carbocycles. The van der Waals surface area contributed by atoms with Gasteiger partial charge >= 0.3 is 5.97 Å². The Bertz CT molecular complexity index is 1030. The predicted molar refractivity (Wildman–Crippen MR) is 102 cm³/mol. The van der Waals surface area contributed by atoms with Crippen LogP contribution in [0.4, 0.5) is 4.39 Å². The molecule has 1 aromatic heterocycles. The smallest absolute Gasteiger partial charge is 0.348 e. The van der Waals surface area contributed by atoms with Crippen molar-refractivity contribution in [2.45, 2.75) is 20.5 Å². The zero-order valence-electron chi connectivity index (χ0n) is 14.9. The molecule has 0 atom stereocenters. The maximum atomic E-state index is 14.4. The first-order valence-electron chi connectivity index (χ1n) is 8.32. The average Bonchev–Trinajstić information content (AvgIpc) is 3.00. The minimum absolute atomic E-state index is 0.00949. The van der Waals surface area contributed by atoms with Crippen molar-refractivity contribution in [2.75, 3.05) is 6.61 Å². The van der Waals surface area contributed by atoms with Crippen LogP contribution in [0.3, 0.4) is 0 Å². The summed E-state index contributed by atoms with van der Waals surface area (Å²) in [6.45, 7) is 3.68. The Morgan fingerprint density at radius 1 is 1.22 bits per heavy atom. The number of ether oxygens (including phenoxy) is 2. The van der Waals surface area contributed by atoms with E-state index in [1.165, 1.54) is 17.4 Å². The van der Waals surface area contributed by atoms with Crippen LogP contribution in [-0.4, -0.2) is 18.5 Å². The van der Waals surface area contributed by atoms with Gasteiger partial charge in [0.05, 0.1) is 6.61 Å². The number of esters is 1. The molecule has 1 amide bonds. The number of nitrogens with two attached hydrogens (primary N) is 1. The zero-order valence-corrected chi connectivity index (χ0v) is 15.7. The molecule has 0 aliphatic heterocycles. The van der Waals surface area contributed by atoms with Crippen molar-refractivity contribution < 1.29 is 23.5 Å². The first kappa shape index (κ1) is 18.8. The standard InChI is InChI=1S/C20H18FNO4S/c1-3-25-20(24)18-14(17-15(21)5-4-6-16(17)27-18)10-26-12-7-8-13(19(22)23)11(2)9-12/h4-9H,3,10H2,1-2H3,(H2,22,23). The van der Waals surface area contributed by atoms with Crippen molar-refractivity contribution in [3.63, 3.8) is 0 Å². The van der Waals surface area contributed by atoms with Crippen LogP contribution in [0.25, 0.3) is 10.1 Å². The Morgan fingerprint density at radius 3 is 2.67 bits per heavy atom. The van der Waals surface area contributed by atoms with Gasteiger partial charge in [-0.1, -0.05) is 6.07 Å². The number of primary amides is 1. The number of hydrogen-bond acceptors (Lipinski definition) is 5. The number of carbonyl (C=O) groups excluding carboxylic acids is 2. The molecule has 3 aromatic rings. The van der Waals surface area contributed by atoms with Crippen molar-refractivity contribution in [3.8, 4) is 5.75 Å². The van der Waals surface area contributed by atoms with Gasteiger partial charge in [0.15, 0.2) is 0 Å². The minimum atomic E-state index is -0.519. The Balaban J connectivity index is 1.96. The number of thiophene rings is 1. The highest BCUT2D eigenvalue weighted by atomic mass is 32.1. The molecule has 0 radical (unpaired) electrons. The molecule has 0 bridgehead atoms. The van der Waals surface area contributed by atoms with E-state index in [0.717, 1.165) is 0 Å². The van der Waals surface area contributed by atoms with Gasteiger partial charge < -0.3 is 15.2 Å². The number of carbonyl (C=O) groups is 2. The third kappa shape index (κ3) is 3.78. The summed E-state index contributed by atoms with van der Waals surface area (Å²) >= 11 is 1.18. The largest absolute Gasteiger partial charge is 0.489 e. The molecule has 2 N–H and O–H groups in total. The van der Waals surface area contributed by atoms with Crippen molar-refractivity contribution in [2.24, 2.45) is 5.73 Å². The fourth-order valence-corrected chi connectivity index (χ4v) is 3.94. The highest BCUT2D eigenvalue weighted by molar-refractivity contribution is 7.21. The van der Waals surface area contributed by atoms with E-state index in [1.807, 2.05) is 0 Å². The zero-order chi connectivity index (χ0) is 19.6. The molecule has 0 saturated carbocycles. The SMILES string of the molecule is CCOC(=O)c1sc2cccc(F)c2c1COc1ccc(C(N)=O)c(C)c1. The summed E-state index contributed by atoms with van der Waals surface area (Å²) in [4.78, 5) is 23.9. The molecule has 7 heteroatoms. The second-order valence-electron chi connectivity index (χ2n) is 5.87. The summed E-state index contributed by atoms with van der Waals surface area (Å²) < 4.78 is 25.9. The molecule has 0 aliphatic rings. The lowest BCUT2D eigenvalue weighted by Crippen LogP contribution is -2.12. The highest BCUT2D eigenvalue weighted by Crippen LogP contribution is 2.34. The lowest BCUT2D eigenvalue weighted by Gasteiger charge is -2.10. The van der Waals surface area contributed by atoms with Crippen LogP contribution < -0.4 is 10.5 Å². The van der Waals surface area contributed by atoms with E-state index >= 15 is 0 Å². The van der Waals surface area contributed by atoms with E-state index in [-0.39, 0.29) is 13.2 Å². The van der Waals surface area contributed by atoms with E-state index in [0.29, 0.717) is 37.4 Å². The lowest BCUT2D eigenvalue weighted by molar-refractivity contribution is 0.0529. The van der Waals surface area contributed by atoms with Gasteiger partial charge in [-0.2, -0.15) is 0 Å². The van der Waals surface area contributed by atoms with E-state index in [9.17, 15) is 14.0 Å². The van der Waals surface area contributed by atoms with Gasteiger partial charge in [0.2, 0.25) is 5.91 Å². The number of hydrogen-bond donors (Lipinski definition) is 1. The number of aryl methyl sites for hydroxylation is 1. The molecular weight excluding hydrogens is 369 g/mol. The monoisotopic (exact) mass is 387 g/mol. The van der Waals surface area contributed by atoms with Gasteiger partial charge in [-0.3, -0.25) is 4.79 Å². The number of fused-ring (bicyclic) bond motifs is 1. The molecule has 3 rings (SSSR count). The number of amides is 1. The molecule has 0 fully saturated rings. The predicted octanol–water partition coefficient (Wildman–Crippen LogP) is 4.20. The Kier molecular flexibility index (Phi) is 5.41. The van der Waals surface area contributed by atoms with Crippen LogP contribution in [0.1, 0.15) is 38.1 Å². The average molecular weight is 387 g/mol. The molecule has 27 heavy (non-hydrogen) atoms. The molecule has 0 spiro atoms. The van der Waals surface area contributed by atoms with Gasteiger partial charge in [-0.25, -0.2) is 9.18 Å². The second kappa shape index (κ2) is 7.75. The quantitative estimate of drug-likeness (QED) is 0.643. The molecule has 1 heterocycles. The fraction of sp³-hybridized carbons (Fsp3) is 0.200. The third-order valence-corrected chi connectivity index (χ3v) is 5.25. The Labute approximate surface area is 159 Å². The van der Waals surface area contributed by atoms with E-state index in [2.05, 4.69) is 0 Å². The molecular formula is C20H18FNO4S. The maximum absolute atomic E-state index is 14.4. The highest BCUT2D eigenvalue weighted by Gasteiger charge is 2.22. The van der Waals surface area contributed by atoms with Crippen LogP contribution in [0.2, 0.25) is 0 Å². The summed E-state index contributed by atoms with van der Waals surface area (Å²) in [6.07, 6.45) is 0. The Morgan fingerprint density at radius 2 is 2.00 bits per heavy atom.